The first-order valence-corrected chi connectivity index (χ1v) is 10.1. The summed E-state index contributed by atoms with van der Waals surface area (Å²) in [7, 11) is 0. The minimum atomic E-state index is 0.0935. The van der Waals surface area contributed by atoms with Crippen LogP contribution >= 0.6 is 0 Å². The average Bonchev–Trinajstić information content (AvgIpc) is 2.99. The van der Waals surface area contributed by atoms with Crippen molar-refractivity contribution in [3.05, 3.63) is 30.1 Å². The van der Waals surface area contributed by atoms with E-state index in [1.807, 2.05) is 12.1 Å². The Labute approximate surface area is 157 Å². The Morgan fingerprint density at radius 1 is 1.35 bits per heavy atom. The summed E-state index contributed by atoms with van der Waals surface area (Å²) in [5.74, 6) is 1.03. The van der Waals surface area contributed by atoms with Gasteiger partial charge in [0.1, 0.15) is 0 Å². The number of ether oxygens (including phenoxy) is 1. The van der Waals surface area contributed by atoms with E-state index in [1.54, 1.807) is 12.4 Å². The number of carbonyl (C=O) groups excluding carboxylic acids is 1. The number of hydrogen-bond donors (Lipinski definition) is 1. The lowest BCUT2D eigenvalue weighted by Crippen LogP contribution is -2.44. The Morgan fingerprint density at radius 3 is 2.77 bits per heavy atom. The van der Waals surface area contributed by atoms with Crippen molar-refractivity contribution < 1.29 is 9.53 Å². The molecule has 1 atom stereocenters. The number of nitrogens with one attached hydrogen (secondary N) is 1. The second-order valence-electron chi connectivity index (χ2n) is 8.34. The number of rotatable bonds is 7. The predicted octanol–water partition coefficient (Wildman–Crippen LogP) is 2.51. The van der Waals surface area contributed by atoms with Gasteiger partial charge >= 0.3 is 0 Å². The van der Waals surface area contributed by atoms with Crippen LogP contribution < -0.4 is 5.32 Å². The van der Waals surface area contributed by atoms with E-state index in [2.05, 4.69) is 29.0 Å². The number of likely N-dealkylation sites (tertiary alicyclic amines) is 1. The van der Waals surface area contributed by atoms with Gasteiger partial charge in [-0.3, -0.25) is 9.78 Å². The Bertz CT molecular complexity index is 570. The molecule has 0 saturated carbocycles. The highest BCUT2D eigenvalue weighted by Crippen LogP contribution is 2.44. The van der Waals surface area contributed by atoms with Crippen molar-refractivity contribution in [2.75, 3.05) is 39.4 Å². The van der Waals surface area contributed by atoms with Crippen LogP contribution in [0.2, 0.25) is 0 Å². The third-order valence-corrected chi connectivity index (χ3v) is 6.01. The van der Waals surface area contributed by atoms with E-state index in [-0.39, 0.29) is 17.2 Å². The summed E-state index contributed by atoms with van der Waals surface area (Å²) in [4.78, 5) is 19.6. The first-order valence-electron chi connectivity index (χ1n) is 10.1. The van der Waals surface area contributed by atoms with Crippen molar-refractivity contribution in [1.29, 1.82) is 0 Å². The summed E-state index contributed by atoms with van der Waals surface area (Å²) >= 11 is 0. The third-order valence-electron chi connectivity index (χ3n) is 6.01. The van der Waals surface area contributed by atoms with Crippen LogP contribution in [-0.2, 0) is 16.0 Å². The van der Waals surface area contributed by atoms with Gasteiger partial charge in [0.05, 0.1) is 5.92 Å². The number of nitrogens with zero attached hydrogens (tertiary/aromatic N) is 2. The van der Waals surface area contributed by atoms with E-state index >= 15 is 0 Å². The topological polar surface area (TPSA) is 54.5 Å². The monoisotopic (exact) mass is 359 g/mol. The third kappa shape index (κ3) is 4.83. The van der Waals surface area contributed by atoms with E-state index < -0.39 is 0 Å². The second-order valence-corrected chi connectivity index (χ2v) is 8.34. The average molecular weight is 360 g/mol. The highest BCUT2D eigenvalue weighted by Gasteiger charge is 2.50. The van der Waals surface area contributed by atoms with E-state index in [1.165, 1.54) is 12.0 Å². The predicted molar refractivity (Wildman–Crippen MR) is 103 cm³/mol. The maximum absolute atomic E-state index is 13.0. The number of aromatic nitrogens is 1. The fourth-order valence-corrected chi connectivity index (χ4v) is 4.33. The van der Waals surface area contributed by atoms with Gasteiger partial charge in [0.25, 0.3) is 0 Å². The molecule has 2 fully saturated rings. The van der Waals surface area contributed by atoms with Crippen LogP contribution in [0.25, 0.3) is 0 Å². The minimum absolute atomic E-state index is 0.0935. The lowest BCUT2D eigenvalue weighted by Gasteiger charge is -2.37. The summed E-state index contributed by atoms with van der Waals surface area (Å²) in [6, 6.07) is 4.02. The standard InChI is InChI=1S/C21H33N3O2/c1-17(2)6-12-24-15-19(21(16-24)7-13-26-14-8-21)20(25)23-11-5-18-3-9-22-10-4-18/h3-4,9-10,17,19H,5-8,11-16H2,1-2H3,(H,23,25). The van der Waals surface area contributed by atoms with Gasteiger partial charge in [-0.25, -0.2) is 0 Å². The van der Waals surface area contributed by atoms with Gasteiger partial charge < -0.3 is 15.0 Å². The molecule has 1 aromatic rings. The van der Waals surface area contributed by atoms with Gasteiger partial charge in [-0.15, -0.1) is 0 Å². The largest absolute Gasteiger partial charge is 0.381 e. The second kappa shape index (κ2) is 8.96. The summed E-state index contributed by atoms with van der Waals surface area (Å²) in [5, 5.41) is 3.20. The smallest absolute Gasteiger partial charge is 0.225 e. The van der Waals surface area contributed by atoms with Gasteiger partial charge in [0.15, 0.2) is 0 Å². The van der Waals surface area contributed by atoms with Gasteiger partial charge in [-0.1, -0.05) is 13.8 Å². The molecule has 1 spiro atoms. The maximum Gasteiger partial charge on any atom is 0.225 e. The molecule has 1 amide bonds. The van der Waals surface area contributed by atoms with Crippen LogP contribution in [-0.4, -0.2) is 55.2 Å². The zero-order chi connectivity index (χ0) is 18.4. The molecular weight excluding hydrogens is 326 g/mol. The molecule has 0 aromatic carbocycles. The van der Waals surface area contributed by atoms with Crippen LogP contribution in [0.1, 0.15) is 38.7 Å². The number of hydrogen-bond acceptors (Lipinski definition) is 4. The van der Waals surface area contributed by atoms with Gasteiger partial charge in [0, 0.05) is 50.7 Å². The molecule has 3 heterocycles. The van der Waals surface area contributed by atoms with E-state index in [9.17, 15) is 4.79 Å². The number of amides is 1. The molecule has 1 unspecified atom stereocenters. The lowest BCUT2D eigenvalue weighted by atomic mass is 9.71. The number of carbonyl (C=O) groups is 1. The normalized spacial score (nSPS) is 22.8. The van der Waals surface area contributed by atoms with Crippen LogP contribution in [0.15, 0.2) is 24.5 Å². The van der Waals surface area contributed by atoms with Crippen molar-refractivity contribution in [2.24, 2.45) is 17.3 Å². The Morgan fingerprint density at radius 2 is 2.08 bits per heavy atom. The van der Waals surface area contributed by atoms with Gasteiger partial charge in [0.2, 0.25) is 5.91 Å². The first-order chi connectivity index (χ1) is 12.6. The molecule has 144 valence electrons. The van der Waals surface area contributed by atoms with Gasteiger partial charge in [-0.05, 0) is 55.8 Å². The van der Waals surface area contributed by atoms with Crippen LogP contribution in [0.5, 0.6) is 0 Å². The molecule has 1 aromatic heterocycles. The zero-order valence-electron chi connectivity index (χ0n) is 16.2. The number of pyridine rings is 1. The fourth-order valence-electron chi connectivity index (χ4n) is 4.33. The highest BCUT2D eigenvalue weighted by molar-refractivity contribution is 5.80. The molecule has 0 aliphatic carbocycles. The maximum atomic E-state index is 13.0. The molecule has 5 nitrogen and oxygen atoms in total. The molecule has 3 rings (SSSR count). The van der Waals surface area contributed by atoms with E-state index in [0.717, 1.165) is 52.1 Å². The SMILES string of the molecule is CC(C)CCN1CC(C(=O)NCCc2ccncc2)C2(CCOCC2)C1. The van der Waals surface area contributed by atoms with Crippen LogP contribution in [0, 0.1) is 17.3 Å². The summed E-state index contributed by atoms with van der Waals surface area (Å²) in [6.07, 6.45) is 7.67. The lowest BCUT2D eigenvalue weighted by molar-refractivity contribution is -0.129. The molecule has 5 heteroatoms. The minimum Gasteiger partial charge on any atom is -0.381 e. The molecule has 0 bridgehead atoms. The summed E-state index contributed by atoms with van der Waals surface area (Å²) in [6.45, 7) is 9.85. The van der Waals surface area contributed by atoms with Crippen molar-refractivity contribution >= 4 is 5.91 Å². The Hall–Kier alpha value is -1.46. The van der Waals surface area contributed by atoms with Crippen molar-refractivity contribution in [1.82, 2.24) is 15.2 Å². The molecule has 2 aliphatic rings. The van der Waals surface area contributed by atoms with Crippen molar-refractivity contribution in [3.8, 4) is 0 Å². The molecule has 26 heavy (non-hydrogen) atoms. The molecule has 0 radical (unpaired) electrons. The summed E-state index contributed by atoms with van der Waals surface area (Å²) in [5.41, 5.74) is 1.32. The molecular formula is C21H33N3O2. The quantitative estimate of drug-likeness (QED) is 0.813. The van der Waals surface area contributed by atoms with Gasteiger partial charge in [-0.2, -0.15) is 0 Å². The van der Waals surface area contributed by atoms with Crippen LogP contribution in [0.3, 0.4) is 0 Å². The van der Waals surface area contributed by atoms with E-state index in [4.69, 9.17) is 4.74 Å². The first kappa shape index (κ1) is 19.3. The van der Waals surface area contributed by atoms with Crippen molar-refractivity contribution in [2.45, 2.75) is 39.5 Å². The molecule has 1 N–H and O–H groups in total. The fraction of sp³-hybridized carbons (Fsp3) is 0.714. The van der Waals surface area contributed by atoms with Crippen LogP contribution in [0.4, 0.5) is 0 Å². The summed E-state index contributed by atoms with van der Waals surface area (Å²) < 4.78 is 5.60. The molecule has 2 saturated heterocycles. The Balaban J connectivity index is 1.58. The van der Waals surface area contributed by atoms with Crippen molar-refractivity contribution in [3.63, 3.8) is 0 Å². The zero-order valence-corrected chi connectivity index (χ0v) is 16.2. The highest BCUT2D eigenvalue weighted by atomic mass is 16.5. The Kier molecular flexibility index (Phi) is 6.65. The molecule has 2 aliphatic heterocycles. The van der Waals surface area contributed by atoms with E-state index in [0.29, 0.717) is 12.5 Å².